The highest BCUT2D eigenvalue weighted by molar-refractivity contribution is 5.80. The third-order valence-electron chi connectivity index (χ3n) is 5.62. The molecule has 144 valence electrons. The Morgan fingerprint density at radius 2 is 1.80 bits per heavy atom. The Morgan fingerprint density at radius 1 is 1.12 bits per heavy atom. The summed E-state index contributed by atoms with van der Waals surface area (Å²) >= 11 is 0. The van der Waals surface area contributed by atoms with Crippen molar-refractivity contribution in [3.8, 4) is 0 Å². The number of rotatable bonds is 6. The number of hydrogen-bond acceptors (Lipinski definition) is 4. The van der Waals surface area contributed by atoms with Gasteiger partial charge < -0.3 is 19.9 Å². The normalized spacial score (nSPS) is 21.4. The van der Waals surface area contributed by atoms with Gasteiger partial charge in [0.2, 0.25) is 0 Å². The fourth-order valence-corrected chi connectivity index (χ4v) is 3.86. The van der Waals surface area contributed by atoms with Gasteiger partial charge in [-0.05, 0) is 64.6 Å². The molecule has 0 spiro atoms. The summed E-state index contributed by atoms with van der Waals surface area (Å²) in [6, 6.07) is 0. The summed E-state index contributed by atoms with van der Waals surface area (Å²) in [5, 5.41) is 3.42. The van der Waals surface area contributed by atoms with Gasteiger partial charge in [-0.25, -0.2) is 0 Å². The van der Waals surface area contributed by atoms with Gasteiger partial charge in [-0.2, -0.15) is 0 Å². The number of carbonyl (C=O) groups is 1. The molecule has 0 unspecified atom stereocenters. The smallest absolute Gasteiger partial charge is 0.308 e. The van der Waals surface area contributed by atoms with Crippen LogP contribution in [0.3, 0.4) is 0 Å². The van der Waals surface area contributed by atoms with E-state index in [2.05, 4.69) is 29.0 Å². The largest absolute Gasteiger partial charge is 0.469 e. The zero-order valence-corrected chi connectivity index (χ0v) is 16.3. The van der Waals surface area contributed by atoms with Crippen LogP contribution in [0, 0.1) is 11.8 Å². The van der Waals surface area contributed by atoms with Crippen LogP contribution in [-0.2, 0) is 9.53 Å². The molecule has 0 aromatic heterocycles. The average molecular weight is 353 g/mol. The Kier molecular flexibility index (Phi) is 8.52. The van der Waals surface area contributed by atoms with Crippen molar-refractivity contribution in [3.05, 3.63) is 0 Å². The Hall–Kier alpha value is -1.30. The maximum atomic E-state index is 11.7. The topological polar surface area (TPSA) is 57.2 Å². The SMILES string of the molecule is CCNC(=NCCC1CCN(CC)CC1)N1CCC(C(=O)OC)CC1. The van der Waals surface area contributed by atoms with Crippen molar-refractivity contribution in [2.24, 2.45) is 16.8 Å². The molecule has 25 heavy (non-hydrogen) atoms. The summed E-state index contributed by atoms with van der Waals surface area (Å²) in [5.74, 6) is 1.81. The number of carbonyl (C=O) groups excluding carboxylic acids is 1. The minimum absolute atomic E-state index is 0.0490. The van der Waals surface area contributed by atoms with Crippen LogP contribution in [0.2, 0.25) is 0 Å². The first kappa shape index (κ1) is 20.0. The van der Waals surface area contributed by atoms with E-state index in [4.69, 9.17) is 9.73 Å². The van der Waals surface area contributed by atoms with Crippen LogP contribution in [-0.4, -0.2) is 74.7 Å². The molecule has 2 rings (SSSR count). The zero-order chi connectivity index (χ0) is 18.1. The molecule has 0 radical (unpaired) electrons. The first-order valence-electron chi connectivity index (χ1n) is 10.0. The van der Waals surface area contributed by atoms with E-state index in [9.17, 15) is 4.79 Å². The van der Waals surface area contributed by atoms with Crippen LogP contribution < -0.4 is 5.32 Å². The molecule has 1 N–H and O–H groups in total. The highest BCUT2D eigenvalue weighted by Gasteiger charge is 2.27. The van der Waals surface area contributed by atoms with Crippen LogP contribution in [0.5, 0.6) is 0 Å². The summed E-state index contributed by atoms with van der Waals surface area (Å²) in [7, 11) is 1.48. The Bertz CT molecular complexity index is 425. The quantitative estimate of drug-likeness (QED) is 0.450. The molecule has 2 aliphatic heterocycles. The van der Waals surface area contributed by atoms with Gasteiger partial charge in [-0.1, -0.05) is 6.92 Å². The van der Waals surface area contributed by atoms with Gasteiger partial charge in [0, 0.05) is 26.2 Å². The Labute approximate surface area is 153 Å². The lowest BCUT2D eigenvalue weighted by atomic mass is 9.94. The van der Waals surface area contributed by atoms with Gasteiger partial charge in [-0.15, -0.1) is 0 Å². The van der Waals surface area contributed by atoms with Crippen molar-refractivity contribution in [2.75, 3.05) is 52.9 Å². The van der Waals surface area contributed by atoms with Gasteiger partial charge in [0.1, 0.15) is 0 Å². The van der Waals surface area contributed by atoms with Crippen LogP contribution in [0.15, 0.2) is 4.99 Å². The molecule has 6 nitrogen and oxygen atoms in total. The highest BCUT2D eigenvalue weighted by atomic mass is 16.5. The molecular formula is C19H36N4O2. The van der Waals surface area contributed by atoms with E-state index in [1.807, 2.05) is 0 Å². The predicted octanol–water partition coefficient (Wildman–Crippen LogP) is 1.96. The molecule has 2 saturated heterocycles. The number of methoxy groups -OCH3 is 1. The molecule has 0 amide bonds. The summed E-state index contributed by atoms with van der Waals surface area (Å²) in [4.78, 5) is 21.4. The van der Waals surface area contributed by atoms with Crippen molar-refractivity contribution in [1.82, 2.24) is 15.1 Å². The lowest BCUT2D eigenvalue weighted by Gasteiger charge is -2.33. The van der Waals surface area contributed by atoms with Crippen molar-refractivity contribution < 1.29 is 9.53 Å². The van der Waals surface area contributed by atoms with Crippen molar-refractivity contribution >= 4 is 11.9 Å². The minimum atomic E-state index is -0.0694. The van der Waals surface area contributed by atoms with Crippen LogP contribution in [0.25, 0.3) is 0 Å². The molecule has 2 heterocycles. The molecule has 0 bridgehead atoms. The molecule has 6 heteroatoms. The van der Waals surface area contributed by atoms with Crippen LogP contribution in [0.4, 0.5) is 0 Å². The lowest BCUT2D eigenvalue weighted by Crippen LogP contribution is -2.46. The highest BCUT2D eigenvalue weighted by Crippen LogP contribution is 2.21. The summed E-state index contributed by atoms with van der Waals surface area (Å²) < 4.78 is 4.87. The third kappa shape index (κ3) is 6.17. The van der Waals surface area contributed by atoms with Crippen LogP contribution in [0.1, 0.15) is 46.0 Å². The second-order valence-electron chi connectivity index (χ2n) is 7.19. The van der Waals surface area contributed by atoms with E-state index >= 15 is 0 Å². The third-order valence-corrected chi connectivity index (χ3v) is 5.62. The molecule has 0 aliphatic carbocycles. The number of likely N-dealkylation sites (tertiary alicyclic amines) is 2. The van der Waals surface area contributed by atoms with Gasteiger partial charge >= 0.3 is 5.97 Å². The van der Waals surface area contributed by atoms with Crippen molar-refractivity contribution in [2.45, 2.75) is 46.0 Å². The average Bonchev–Trinajstić information content (AvgIpc) is 2.67. The number of hydrogen-bond donors (Lipinski definition) is 1. The molecule has 0 atom stereocenters. The lowest BCUT2D eigenvalue weighted by molar-refractivity contribution is -0.146. The van der Waals surface area contributed by atoms with Gasteiger partial charge in [-0.3, -0.25) is 9.79 Å². The molecule has 0 aromatic rings. The summed E-state index contributed by atoms with van der Waals surface area (Å²) in [6.07, 6.45) is 5.51. The van der Waals surface area contributed by atoms with Gasteiger partial charge in [0.25, 0.3) is 0 Å². The molecule has 2 aliphatic rings. The van der Waals surface area contributed by atoms with Gasteiger partial charge in [0.05, 0.1) is 13.0 Å². The number of aliphatic imine (C=N–C) groups is 1. The number of piperidine rings is 2. The number of nitrogens with one attached hydrogen (secondary N) is 1. The van der Waals surface area contributed by atoms with E-state index < -0.39 is 0 Å². The predicted molar refractivity (Wildman–Crippen MR) is 102 cm³/mol. The van der Waals surface area contributed by atoms with Crippen LogP contribution >= 0.6 is 0 Å². The first-order chi connectivity index (χ1) is 12.2. The maximum Gasteiger partial charge on any atom is 0.308 e. The summed E-state index contributed by atoms with van der Waals surface area (Å²) in [5.41, 5.74) is 0. The molecular weight excluding hydrogens is 316 g/mol. The Balaban J connectivity index is 1.78. The monoisotopic (exact) mass is 352 g/mol. The second kappa shape index (κ2) is 10.6. The second-order valence-corrected chi connectivity index (χ2v) is 7.19. The number of esters is 1. The minimum Gasteiger partial charge on any atom is -0.469 e. The van der Waals surface area contributed by atoms with Crippen molar-refractivity contribution in [1.29, 1.82) is 0 Å². The standard InChI is InChI=1S/C19H36N4O2/c1-4-20-19(23-14-9-17(10-15-23)18(24)25-3)21-11-6-16-7-12-22(5-2)13-8-16/h16-17H,4-15H2,1-3H3,(H,20,21). The number of guanidine groups is 1. The van der Waals surface area contributed by atoms with E-state index in [1.165, 1.54) is 46.0 Å². The van der Waals surface area contributed by atoms with E-state index in [1.54, 1.807) is 0 Å². The fourth-order valence-electron chi connectivity index (χ4n) is 3.86. The van der Waals surface area contributed by atoms with E-state index in [-0.39, 0.29) is 11.9 Å². The van der Waals surface area contributed by atoms with E-state index in [0.717, 1.165) is 50.9 Å². The molecule has 0 saturated carbocycles. The van der Waals surface area contributed by atoms with Gasteiger partial charge in [0.15, 0.2) is 5.96 Å². The number of ether oxygens (including phenoxy) is 1. The fraction of sp³-hybridized carbons (Fsp3) is 0.895. The molecule has 0 aromatic carbocycles. The van der Waals surface area contributed by atoms with E-state index in [0.29, 0.717) is 0 Å². The zero-order valence-electron chi connectivity index (χ0n) is 16.3. The van der Waals surface area contributed by atoms with Crippen molar-refractivity contribution in [3.63, 3.8) is 0 Å². The Morgan fingerprint density at radius 3 is 2.36 bits per heavy atom. The first-order valence-corrected chi connectivity index (χ1v) is 10.0. The maximum absolute atomic E-state index is 11.7. The molecule has 2 fully saturated rings. The summed E-state index contributed by atoms with van der Waals surface area (Å²) in [6.45, 7) is 11.5. The number of nitrogens with zero attached hydrogens (tertiary/aromatic N) is 3.